The van der Waals surface area contributed by atoms with Crippen molar-refractivity contribution in [1.82, 2.24) is 4.72 Å². The second-order valence-electron chi connectivity index (χ2n) is 7.60. The van der Waals surface area contributed by atoms with E-state index in [0.717, 1.165) is 12.8 Å². The number of rotatable bonds is 3. The SMILES string of the molecule is O=S(=O)(NC1CCc2ccc3c(ccc4ccccc43)c2C1)c1ccc(Cl)cc1. The average Bonchev–Trinajstić information content (AvgIpc) is 2.73. The summed E-state index contributed by atoms with van der Waals surface area (Å²) in [6.45, 7) is 0. The van der Waals surface area contributed by atoms with Gasteiger partial charge in [-0.15, -0.1) is 0 Å². The molecule has 1 N–H and O–H groups in total. The largest absolute Gasteiger partial charge is 0.240 e. The minimum atomic E-state index is -3.58. The van der Waals surface area contributed by atoms with Crippen molar-refractivity contribution in [3.8, 4) is 0 Å². The van der Waals surface area contributed by atoms with Gasteiger partial charge in [-0.25, -0.2) is 13.1 Å². The summed E-state index contributed by atoms with van der Waals surface area (Å²) in [7, 11) is -3.58. The molecule has 4 aromatic carbocycles. The summed E-state index contributed by atoms with van der Waals surface area (Å²) in [5, 5.41) is 5.42. The monoisotopic (exact) mass is 421 g/mol. The highest BCUT2D eigenvalue weighted by atomic mass is 35.5. The number of nitrogens with one attached hydrogen (secondary N) is 1. The van der Waals surface area contributed by atoms with E-state index in [4.69, 9.17) is 11.6 Å². The summed E-state index contributed by atoms with van der Waals surface area (Å²) < 4.78 is 28.5. The summed E-state index contributed by atoms with van der Waals surface area (Å²) in [5.41, 5.74) is 2.57. The fraction of sp³-hybridized carbons (Fsp3) is 0.167. The van der Waals surface area contributed by atoms with Gasteiger partial charge in [-0.05, 0) is 76.2 Å². The van der Waals surface area contributed by atoms with Crippen LogP contribution in [0.4, 0.5) is 0 Å². The van der Waals surface area contributed by atoms with Gasteiger partial charge in [-0.1, -0.05) is 60.1 Å². The second kappa shape index (κ2) is 7.13. The lowest BCUT2D eigenvalue weighted by Gasteiger charge is -2.27. The molecule has 0 saturated heterocycles. The van der Waals surface area contributed by atoms with Crippen LogP contribution in [0.3, 0.4) is 0 Å². The van der Waals surface area contributed by atoms with Crippen molar-refractivity contribution in [3.05, 3.63) is 88.9 Å². The van der Waals surface area contributed by atoms with Crippen molar-refractivity contribution in [1.29, 1.82) is 0 Å². The smallest absolute Gasteiger partial charge is 0.208 e. The molecule has 1 atom stereocenters. The van der Waals surface area contributed by atoms with E-state index in [2.05, 4.69) is 47.2 Å². The van der Waals surface area contributed by atoms with Crippen LogP contribution in [-0.4, -0.2) is 14.5 Å². The summed E-state index contributed by atoms with van der Waals surface area (Å²) in [5.74, 6) is 0. The molecule has 0 heterocycles. The molecule has 0 fully saturated rings. The van der Waals surface area contributed by atoms with Gasteiger partial charge >= 0.3 is 0 Å². The molecule has 0 aromatic heterocycles. The molecule has 0 bridgehead atoms. The van der Waals surface area contributed by atoms with Crippen molar-refractivity contribution in [2.45, 2.75) is 30.2 Å². The molecule has 5 rings (SSSR count). The molecule has 0 spiro atoms. The second-order valence-corrected chi connectivity index (χ2v) is 9.75. The molecule has 0 amide bonds. The summed E-state index contributed by atoms with van der Waals surface area (Å²) in [4.78, 5) is 0.247. The fourth-order valence-electron chi connectivity index (χ4n) is 4.35. The lowest BCUT2D eigenvalue weighted by atomic mass is 9.84. The van der Waals surface area contributed by atoms with Crippen LogP contribution in [0.2, 0.25) is 5.02 Å². The Hall–Kier alpha value is -2.40. The molecular weight excluding hydrogens is 402 g/mol. The highest BCUT2D eigenvalue weighted by Crippen LogP contribution is 2.33. The molecule has 1 aliphatic carbocycles. The van der Waals surface area contributed by atoms with Gasteiger partial charge in [-0.3, -0.25) is 0 Å². The third-order valence-corrected chi connectivity index (χ3v) is 7.58. The Morgan fingerprint density at radius 3 is 2.41 bits per heavy atom. The first-order chi connectivity index (χ1) is 14.0. The van der Waals surface area contributed by atoms with Gasteiger partial charge in [0, 0.05) is 11.1 Å². The third kappa shape index (κ3) is 3.42. The average molecular weight is 422 g/mol. The molecule has 1 unspecified atom stereocenters. The zero-order valence-corrected chi connectivity index (χ0v) is 17.3. The molecule has 0 radical (unpaired) electrons. The Balaban J connectivity index is 1.50. The maximum Gasteiger partial charge on any atom is 0.240 e. The van der Waals surface area contributed by atoms with Gasteiger partial charge < -0.3 is 0 Å². The quantitative estimate of drug-likeness (QED) is 0.445. The van der Waals surface area contributed by atoms with Gasteiger partial charge in [-0.2, -0.15) is 0 Å². The minimum absolute atomic E-state index is 0.125. The lowest BCUT2D eigenvalue weighted by molar-refractivity contribution is 0.509. The maximum absolute atomic E-state index is 12.8. The number of sulfonamides is 1. The minimum Gasteiger partial charge on any atom is -0.208 e. The van der Waals surface area contributed by atoms with Gasteiger partial charge in [0.1, 0.15) is 0 Å². The van der Waals surface area contributed by atoms with E-state index in [1.54, 1.807) is 24.3 Å². The van der Waals surface area contributed by atoms with Crippen LogP contribution in [0.5, 0.6) is 0 Å². The number of hydrogen-bond donors (Lipinski definition) is 1. The van der Waals surface area contributed by atoms with Crippen molar-refractivity contribution in [2.75, 3.05) is 0 Å². The fourth-order valence-corrected chi connectivity index (χ4v) is 5.75. The van der Waals surface area contributed by atoms with E-state index >= 15 is 0 Å². The normalized spacial score (nSPS) is 16.8. The first-order valence-electron chi connectivity index (χ1n) is 9.71. The third-order valence-electron chi connectivity index (χ3n) is 5.79. The molecule has 5 heteroatoms. The van der Waals surface area contributed by atoms with Crippen molar-refractivity contribution in [3.63, 3.8) is 0 Å². The Labute approximate surface area is 175 Å². The molecule has 0 aliphatic heterocycles. The number of hydrogen-bond acceptors (Lipinski definition) is 2. The number of halogens is 1. The first kappa shape index (κ1) is 18.6. The van der Waals surface area contributed by atoms with Crippen molar-refractivity contribution in [2.24, 2.45) is 0 Å². The Morgan fingerprint density at radius 1 is 0.828 bits per heavy atom. The number of benzene rings is 4. The van der Waals surface area contributed by atoms with Crippen LogP contribution < -0.4 is 4.72 Å². The zero-order chi connectivity index (χ0) is 20.0. The summed E-state index contributed by atoms with van der Waals surface area (Å²) in [6, 6.07) is 23.3. The summed E-state index contributed by atoms with van der Waals surface area (Å²) >= 11 is 5.89. The highest BCUT2D eigenvalue weighted by molar-refractivity contribution is 7.89. The molecule has 3 nitrogen and oxygen atoms in total. The zero-order valence-electron chi connectivity index (χ0n) is 15.7. The van der Waals surface area contributed by atoms with Gasteiger partial charge in [0.25, 0.3) is 0 Å². The Bertz CT molecular complexity index is 1330. The number of fused-ring (bicyclic) bond motifs is 5. The standard InChI is InChI=1S/C24H20ClNO2S/c25-18-8-11-20(12-9-18)29(27,28)26-19-10-5-17-7-13-22-21-4-2-1-3-16(21)6-14-23(22)24(17)15-19/h1-4,6-9,11-14,19,26H,5,10,15H2. The van der Waals surface area contributed by atoms with Gasteiger partial charge in [0.15, 0.2) is 0 Å². The van der Waals surface area contributed by atoms with Crippen LogP contribution in [0.1, 0.15) is 17.5 Å². The predicted molar refractivity (Wildman–Crippen MR) is 119 cm³/mol. The molecular formula is C24H20ClNO2S. The Morgan fingerprint density at radius 2 is 1.59 bits per heavy atom. The molecule has 1 aliphatic rings. The van der Waals surface area contributed by atoms with Crippen LogP contribution in [0.15, 0.2) is 77.7 Å². The van der Waals surface area contributed by atoms with E-state index < -0.39 is 10.0 Å². The number of aryl methyl sites for hydroxylation is 1. The lowest BCUT2D eigenvalue weighted by Crippen LogP contribution is -2.38. The highest BCUT2D eigenvalue weighted by Gasteiger charge is 2.25. The molecule has 29 heavy (non-hydrogen) atoms. The Kier molecular flexibility index (Phi) is 4.58. The van der Waals surface area contributed by atoms with Crippen LogP contribution in [-0.2, 0) is 22.9 Å². The van der Waals surface area contributed by atoms with Gasteiger partial charge in [0.05, 0.1) is 4.90 Å². The maximum atomic E-state index is 12.8. The van der Waals surface area contributed by atoms with Crippen LogP contribution in [0.25, 0.3) is 21.5 Å². The predicted octanol–water partition coefficient (Wildman–Crippen LogP) is 5.48. The first-order valence-corrected chi connectivity index (χ1v) is 11.6. The van der Waals surface area contributed by atoms with E-state index in [-0.39, 0.29) is 10.9 Å². The summed E-state index contributed by atoms with van der Waals surface area (Å²) in [6.07, 6.45) is 2.35. The van der Waals surface area contributed by atoms with Gasteiger partial charge in [0.2, 0.25) is 10.0 Å². The van der Waals surface area contributed by atoms with Crippen LogP contribution >= 0.6 is 11.6 Å². The van der Waals surface area contributed by atoms with E-state index in [0.29, 0.717) is 11.4 Å². The van der Waals surface area contributed by atoms with E-state index in [1.165, 1.54) is 32.7 Å². The topological polar surface area (TPSA) is 46.2 Å². The van der Waals surface area contributed by atoms with Crippen molar-refractivity contribution < 1.29 is 8.42 Å². The molecule has 146 valence electrons. The molecule has 4 aromatic rings. The van der Waals surface area contributed by atoms with Crippen LogP contribution in [0, 0.1) is 0 Å². The van der Waals surface area contributed by atoms with E-state index in [1.807, 2.05) is 6.07 Å². The van der Waals surface area contributed by atoms with Crippen molar-refractivity contribution >= 4 is 43.2 Å². The molecule has 0 saturated carbocycles. The van der Waals surface area contributed by atoms with E-state index in [9.17, 15) is 8.42 Å².